The maximum absolute atomic E-state index is 12.7. The minimum atomic E-state index is -0.877. The molecule has 11 heavy (non-hydrogen) atoms. The van der Waals surface area contributed by atoms with Gasteiger partial charge >= 0.3 is 0 Å². The Hall–Kier alpha value is -0.150. The lowest BCUT2D eigenvalue weighted by Gasteiger charge is -2.23. The zero-order valence-corrected chi connectivity index (χ0v) is 6.76. The maximum atomic E-state index is 12.7. The SMILES string of the molecule is NC[C@H](F)C[C@H]1CCCCO1. The molecule has 0 aromatic heterocycles. The molecule has 66 valence electrons. The lowest BCUT2D eigenvalue weighted by Crippen LogP contribution is -2.26. The predicted molar refractivity (Wildman–Crippen MR) is 42.2 cm³/mol. The highest BCUT2D eigenvalue weighted by atomic mass is 19.1. The third-order valence-electron chi connectivity index (χ3n) is 2.05. The fourth-order valence-corrected chi connectivity index (χ4v) is 1.37. The molecule has 0 aromatic rings. The van der Waals surface area contributed by atoms with Crippen molar-refractivity contribution in [2.24, 2.45) is 5.73 Å². The molecule has 2 N–H and O–H groups in total. The summed E-state index contributed by atoms with van der Waals surface area (Å²) in [6.45, 7) is 0.918. The summed E-state index contributed by atoms with van der Waals surface area (Å²) < 4.78 is 18.1. The number of rotatable bonds is 3. The number of halogens is 1. The number of hydrogen-bond acceptors (Lipinski definition) is 2. The van der Waals surface area contributed by atoms with E-state index in [9.17, 15) is 4.39 Å². The molecule has 1 rings (SSSR count). The Bertz CT molecular complexity index is 104. The minimum Gasteiger partial charge on any atom is -0.378 e. The Morgan fingerprint density at radius 2 is 2.36 bits per heavy atom. The zero-order chi connectivity index (χ0) is 8.10. The van der Waals surface area contributed by atoms with Crippen molar-refractivity contribution in [3.05, 3.63) is 0 Å². The van der Waals surface area contributed by atoms with E-state index >= 15 is 0 Å². The van der Waals surface area contributed by atoms with Gasteiger partial charge in [-0.1, -0.05) is 0 Å². The van der Waals surface area contributed by atoms with Gasteiger partial charge in [0.2, 0.25) is 0 Å². The van der Waals surface area contributed by atoms with Crippen LogP contribution < -0.4 is 5.73 Å². The Morgan fingerprint density at radius 1 is 1.55 bits per heavy atom. The summed E-state index contributed by atoms with van der Waals surface area (Å²) in [4.78, 5) is 0. The van der Waals surface area contributed by atoms with Crippen molar-refractivity contribution in [3.63, 3.8) is 0 Å². The topological polar surface area (TPSA) is 35.2 Å². The van der Waals surface area contributed by atoms with Crippen LogP contribution in [-0.4, -0.2) is 25.4 Å². The fraction of sp³-hybridized carbons (Fsp3) is 1.00. The van der Waals surface area contributed by atoms with Crippen LogP contribution in [0.4, 0.5) is 4.39 Å². The van der Waals surface area contributed by atoms with Gasteiger partial charge in [0.05, 0.1) is 6.10 Å². The van der Waals surface area contributed by atoms with Crippen LogP contribution >= 0.6 is 0 Å². The lowest BCUT2D eigenvalue weighted by atomic mass is 10.0. The first kappa shape index (κ1) is 8.94. The monoisotopic (exact) mass is 161 g/mol. The van der Waals surface area contributed by atoms with Crippen LogP contribution in [-0.2, 0) is 4.74 Å². The third kappa shape index (κ3) is 3.16. The molecule has 1 heterocycles. The molecule has 2 atom stereocenters. The first-order valence-electron chi connectivity index (χ1n) is 4.28. The van der Waals surface area contributed by atoms with Crippen molar-refractivity contribution in [2.75, 3.05) is 13.2 Å². The van der Waals surface area contributed by atoms with Gasteiger partial charge in [-0.25, -0.2) is 4.39 Å². The second-order valence-electron chi connectivity index (χ2n) is 3.06. The molecule has 0 saturated carbocycles. The van der Waals surface area contributed by atoms with Gasteiger partial charge in [-0.2, -0.15) is 0 Å². The van der Waals surface area contributed by atoms with Gasteiger partial charge < -0.3 is 10.5 Å². The molecular formula is C8H16FNO. The van der Waals surface area contributed by atoms with Gasteiger partial charge in [0.15, 0.2) is 0 Å². The Labute approximate surface area is 66.9 Å². The van der Waals surface area contributed by atoms with Crippen molar-refractivity contribution in [1.29, 1.82) is 0 Å². The van der Waals surface area contributed by atoms with Gasteiger partial charge in [0.1, 0.15) is 6.17 Å². The maximum Gasteiger partial charge on any atom is 0.115 e. The summed E-state index contributed by atoms with van der Waals surface area (Å²) in [5.41, 5.74) is 5.16. The average Bonchev–Trinajstić information content (AvgIpc) is 2.06. The Morgan fingerprint density at radius 3 is 2.91 bits per heavy atom. The quantitative estimate of drug-likeness (QED) is 0.676. The van der Waals surface area contributed by atoms with Crippen LogP contribution in [0.15, 0.2) is 0 Å². The van der Waals surface area contributed by atoms with E-state index in [1.54, 1.807) is 0 Å². The van der Waals surface area contributed by atoms with Gasteiger partial charge in [0.25, 0.3) is 0 Å². The molecule has 1 fully saturated rings. The molecule has 1 aliphatic rings. The largest absolute Gasteiger partial charge is 0.378 e. The highest BCUT2D eigenvalue weighted by Crippen LogP contribution is 2.17. The first-order chi connectivity index (χ1) is 5.33. The Balaban J connectivity index is 2.13. The van der Waals surface area contributed by atoms with Crippen molar-refractivity contribution < 1.29 is 9.13 Å². The summed E-state index contributed by atoms with van der Waals surface area (Å²) in [7, 11) is 0. The Kier molecular flexibility index (Phi) is 3.80. The highest BCUT2D eigenvalue weighted by molar-refractivity contribution is 4.68. The molecule has 0 radical (unpaired) electrons. The van der Waals surface area contributed by atoms with E-state index in [0.29, 0.717) is 6.42 Å². The van der Waals surface area contributed by atoms with Gasteiger partial charge in [-0.15, -0.1) is 0 Å². The van der Waals surface area contributed by atoms with E-state index in [4.69, 9.17) is 10.5 Å². The second-order valence-corrected chi connectivity index (χ2v) is 3.06. The third-order valence-corrected chi connectivity index (χ3v) is 2.05. The number of hydrogen-bond donors (Lipinski definition) is 1. The molecule has 1 aliphatic heterocycles. The van der Waals surface area contributed by atoms with Gasteiger partial charge in [0, 0.05) is 19.6 Å². The smallest absolute Gasteiger partial charge is 0.115 e. The number of nitrogens with two attached hydrogens (primary N) is 1. The minimum absolute atomic E-state index is 0.125. The van der Waals surface area contributed by atoms with E-state index in [1.807, 2.05) is 0 Å². The molecule has 0 amide bonds. The molecule has 0 bridgehead atoms. The van der Waals surface area contributed by atoms with Gasteiger partial charge in [-0.05, 0) is 19.3 Å². The van der Waals surface area contributed by atoms with Crippen LogP contribution in [0.5, 0.6) is 0 Å². The van der Waals surface area contributed by atoms with Crippen LogP contribution in [0.1, 0.15) is 25.7 Å². The van der Waals surface area contributed by atoms with Crippen LogP contribution in [0, 0.1) is 0 Å². The summed E-state index contributed by atoms with van der Waals surface area (Å²) in [6, 6.07) is 0. The highest BCUT2D eigenvalue weighted by Gasteiger charge is 2.17. The molecule has 0 unspecified atom stereocenters. The fourth-order valence-electron chi connectivity index (χ4n) is 1.37. The van der Waals surface area contributed by atoms with Crippen LogP contribution in [0.25, 0.3) is 0 Å². The standard InChI is InChI=1S/C8H16FNO/c9-7(6-10)5-8-3-1-2-4-11-8/h7-8H,1-6,10H2/t7-,8-/m1/s1. The zero-order valence-electron chi connectivity index (χ0n) is 6.76. The van der Waals surface area contributed by atoms with Crippen LogP contribution in [0.2, 0.25) is 0 Å². The second kappa shape index (κ2) is 4.67. The van der Waals surface area contributed by atoms with E-state index < -0.39 is 6.17 Å². The molecule has 1 saturated heterocycles. The van der Waals surface area contributed by atoms with E-state index in [2.05, 4.69) is 0 Å². The van der Waals surface area contributed by atoms with E-state index in [1.165, 1.54) is 6.42 Å². The van der Waals surface area contributed by atoms with Crippen molar-refractivity contribution in [2.45, 2.75) is 38.0 Å². The van der Waals surface area contributed by atoms with Crippen LogP contribution in [0.3, 0.4) is 0 Å². The predicted octanol–water partition coefficient (Wildman–Crippen LogP) is 1.24. The first-order valence-corrected chi connectivity index (χ1v) is 4.28. The summed E-state index contributed by atoms with van der Waals surface area (Å²) in [5, 5.41) is 0. The lowest BCUT2D eigenvalue weighted by molar-refractivity contribution is -0.00144. The number of ether oxygens (including phenoxy) is 1. The molecular weight excluding hydrogens is 145 g/mol. The molecule has 2 nitrogen and oxygen atoms in total. The average molecular weight is 161 g/mol. The summed E-state index contributed by atoms with van der Waals surface area (Å²) in [6.07, 6.45) is 3.02. The summed E-state index contributed by atoms with van der Waals surface area (Å²) >= 11 is 0. The van der Waals surface area contributed by atoms with Gasteiger partial charge in [-0.3, -0.25) is 0 Å². The normalized spacial score (nSPS) is 28.4. The molecule has 0 spiro atoms. The van der Waals surface area contributed by atoms with E-state index in [-0.39, 0.29) is 12.6 Å². The number of alkyl halides is 1. The molecule has 0 aromatic carbocycles. The van der Waals surface area contributed by atoms with Crippen molar-refractivity contribution in [3.8, 4) is 0 Å². The molecule has 3 heteroatoms. The summed E-state index contributed by atoms with van der Waals surface area (Å²) in [5.74, 6) is 0. The molecule has 0 aliphatic carbocycles. The van der Waals surface area contributed by atoms with E-state index in [0.717, 1.165) is 19.4 Å². The van der Waals surface area contributed by atoms with Crippen molar-refractivity contribution in [1.82, 2.24) is 0 Å². The van der Waals surface area contributed by atoms with Crippen molar-refractivity contribution >= 4 is 0 Å².